The van der Waals surface area contributed by atoms with E-state index in [-0.39, 0.29) is 44.8 Å². The van der Waals surface area contributed by atoms with Gasteiger partial charge in [-0.25, -0.2) is 28.7 Å². The largest absolute Gasteiger partial charge is 0.383 e. The first-order chi connectivity index (χ1) is 19.5. The summed E-state index contributed by atoms with van der Waals surface area (Å²) in [6.07, 6.45) is 2.63. The maximum Gasteiger partial charge on any atom is 0.220 e. The van der Waals surface area contributed by atoms with E-state index in [9.17, 15) is 22.6 Å². The normalized spacial score (nSPS) is 11.4. The van der Waals surface area contributed by atoms with Gasteiger partial charge in [-0.1, -0.05) is 37.7 Å². The smallest absolute Gasteiger partial charge is 0.220 e. The molecule has 0 radical (unpaired) electrons. The monoisotopic (exact) mass is 598 g/mol. The molecule has 0 amide bonds. The first-order valence-electron chi connectivity index (χ1n) is 12.3. The second kappa shape index (κ2) is 14.0. The molecule has 1 unspecified atom stereocenters. The van der Waals surface area contributed by atoms with Crippen molar-refractivity contribution >= 4 is 45.8 Å². The summed E-state index contributed by atoms with van der Waals surface area (Å²) in [5, 5.41) is 0.611. The van der Waals surface area contributed by atoms with E-state index in [0.717, 1.165) is 11.8 Å². The molecule has 0 saturated heterocycles. The molecule has 4 aromatic rings. The van der Waals surface area contributed by atoms with Crippen molar-refractivity contribution in [3.63, 3.8) is 0 Å². The van der Waals surface area contributed by atoms with Crippen LogP contribution < -0.4 is 11.5 Å². The van der Waals surface area contributed by atoms with Gasteiger partial charge in [-0.3, -0.25) is 13.8 Å². The van der Waals surface area contributed by atoms with Crippen LogP contribution in [0.1, 0.15) is 56.8 Å². The van der Waals surface area contributed by atoms with Crippen LogP contribution in [0.15, 0.2) is 59.1 Å². The quantitative estimate of drug-likeness (QED) is 0.165. The third-order valence-electron chi connectivity index (χ3n) is 5.71. The summed E-state index contributed by atoms with van der Waals surface area (Å²) in [5.41, 5.74) is 13.6. The number of thioether (sulfide) groups is 1. The highest BCUT2D eigenvalue weighted by Crippen LogP contribution is 2.21. The molecule has 0 fully saturated rings. The highest BCUT2D eigenvalue weighted by Gasteiger charge is 2.19. The number of nitrogens with two attached hydrogens (primary N) is 2. The molecule has 2 aromatic heterocycles. The molecule has 4 N–H and O–H groups in total. The number of aromatic nitrogens is 4. The number of nitrogens with zero attached hydrogens (tertiary/aromatic N) is 4. The molecular formula is C28H28F2N6O3S2. The third-order valence-corrected chi connectivity index (χ3v) is 7.58. The van der Waals surface area contributed by atoms with Crippen LogP contribution in [0.4, 0.5) is 20.4 Å². The van der Waals surface area contributed by atoms with Crippen molar-refractivity contribution in [2.45, 2.75) is 38.0 Å². The van der Waals surface area contributed by atoms with Gasteiger partial charge in [0.25, 0.3) is 0 Å². The first kappa shape index (κ1) is 31.4. The van der Waals surface area contributed by atoms with Gasteiger partial charge in [0.1, 0.15) is 23.3 Å². The van der Waals surface area contributed by atoms with Crippen LogP contribution in [0, 0.1) is 25.5 Å². The second-order valence-corrected chi connectivity index (χ2v) is 11.4. The minimum absolute atomic E-state index is 0.0598. The molecule has 0 spiro atoms. The van der Waals surface area contributed by atoms with Gasteiger partial charge in [-0.05, 0) is 55.0 Å². The maximum atomic E-state index is 13.3. The molecule has 13 heteroatoms. The lowest BCUT2D eigenvalue weighted by Crippen LogP contribution is -2.12. The Morgan fingerprint density at radius 3 is 1.73 bits per heavy atom. The number of rotatable bonds is 8. The second-order valence-electron chi connectivity index (χ2n) is 8.55. The molecule has 0 bridgehead atoms. The minimum atomic E-state index is -1.35. The summed E-state index contributed by atoms with van der Waals surface area (Å²) in [4.78, 5) is 40.7. The van der Waals surface area contributed by atoms with Crippen molar-refractivity contribution in [1.82, 2.24) is 19.9 Å². The van der Waals surface area contributed by atoms with Gasteiger partial charge in [-0.2, -0.15) is 0 Å². The number of aryl methyl sites for hydroxylation is 2. The van der Waals surface area contributed by atoms with Crippen molar-refractivity contribution in [2.24, 2.45) is 0 Å². The highest BCUT2D eigenvalue weighted by molar-refractivity contribution is 7.99. The first-order valence-corrected chi connectivity index (χ1v) is 14.6. The number of carbonyl (C=O) groups excluding carboxylic acids is 2. The Morgan fingerprint density at radius 2 is 1.29 bits per heavy atom. The molecule has 0 aliphatic carbocycles. The lowest BCUT2D eigenvalue weighted by Gasteiger charge is -2.08. The fourth-order valence-electron chi connectivity index (χ4n) is 3.51. The Hall–Kier alpha value is -4.10. The number of hydrogen-bond acceptors (Lipinski definition) is 10. The molecule has 1 atom stereocenters. The Balaban J connectivity index is 0.000000226. The molecule has 2 aromatic carbocycles. The standard InChI is InChI=1S/C14H14FN3O2S.C14H14FN3OS/c1-3-21(20)14-17-7-11(13(16)18-14)12(19)10-6-9(15)5-4-8(10)2;1-3-20-14-17-7-11(13(16)18-14)12(19)10-6-9(15)5-4-8(10)2/h4-7H,3H2,1-2H3,(H2,16,17,18);4-7H,3H2,1-2H3,(H2,16,17,18). The molecule has 41 heavy (non-hydrogen) atoms. The molecule has 0 saturated carbocycles. The summed E-state index contributed by atoms with van der Waals surface area (Å²) in [5.74, 6) is -0.569. The molecule has 4 rings (SSSR count). The van der Waals surface area contributed by atoms with Gasteiger partial charge >= 0.3 is 0 Å². The zero-order chi connectivity index (χ0) is 30.3. The van der Waals surface area contributed by atoms with E-state index < -0.39 is 28.2 Å². The maximum absolute atomic E-state index is 13.3. The number of halogens is 2. The third kappa shape index (κ3) is 7.76. The molecule has 9 nitrogen and oxygen atoms in total. The number of anilines is 2. The van der Waals surface area contributed by atoms with Gasteiger partial charge in [-0.15, -0.1) is 0 Å². The van der Waals surface area contributed by atoms with Crippen molar-refractivity contribution in [3.05, 3.63) is 93.8 Å². The van der Waals surface area contributed by atoms with E-state index in [1.165, 1.54) is 48.4 Å². The van der Waals surface area contributed by atoms with E-state index in [0.29, 0.717) is 22.0 Å². The van der Waals surface area contributed by atoms with Crippen molar-refractivity contribution in [2.75, 3.05) is 23.0 Å². The van der Waals surface area contributed by atoms with Gasteiger partial charge in [0.15, 0.2) is 16.7 Å². The van der Waals surface area contributed by atoms with E-state index in [4.69, 9.17) is 11.5 Å². The lowest BCUT2D eigenvalue weighted by atomic mass is 10.0. The van der Waals surface area contributed by atoms with Crippen LogP contribution in [-0.2, 0) is 10.8 Å². The van der Waals surface area contributed by atoms with Gasteiger partial charge < -0.3 is 11.5 Å². The predicted octanol–water partition coefficient (Wildman–Crippen LogP) is 4.71. The topological polar surface area (TPSA) is 155 Å². The lowest BCUT2D eigenvalue weighted by molar-refractivity contribution is 0.103. The number of ketones is 2. The Labute approximate surface area is 242 Å². The van der Waals surface area contributed by atoms with Crippen LogP contribution in [0.2, 0.25) is 0 Å². The molecule has 2 heterocycles. The van der Waals surface area contributed by atoms with E-state index >= 15 is 0 Å². The fraction of sp³-hybridized carbons (Fsp3) is 0.214. The predicted molar refractivity (Wildman–Crippen MR) is 155 cm³/mol. The van der Waals surface area contributed by atoms with Gasteiger partial charge in [0.2, 0.25) is 5.16 Å². The van der Waals surface area contributed by atoms with E-state index in [2.05, 4.69) is 19.9 Å². The van der Waals surface area contributed by atoms with Gasteiger partial charge in [0.05, 0.1) is 21.9 Å². The van der Waals surface area contributed by atoms with Crippen LogP contribution >= 0.6 is 11.8 Å². The van der Waals surface area contributed by atoms with Gasteiger partial charge in [0, 0.05) is 29.3 Å². The SMILES string of the molecule is CCS(=O)c1ncc(C(=O)c2cc(F)ccc2C)c(N)n1.CCSc1ncc(C(=O)c2cc(F)ccc2C)c(N)n1. The van der Waals surface area contributed by atoms with E-state index in [1.807, 2.05) is 6.92 Å². The Kier molecular flexibility index (Phi) is 10.7. The number of hydrogen-bond donors (Lipinski definition) is 2. The zero-order valence-electron chi connectivity index (χ0n) is 22.8. The minimum Gasteiger partial charge on any atom is -0.383 e. The fourth-order valence-corrected chi connectivity index (χ4v) is 4.69. The Morgan fingerprint density at radius 1 is 0.805 bits per heavy atom. The van der Waals surface area contributed by atoms with E-state index in [1.54, 1.807) is 26.8 Å². The summed E-state index contributed by atoms with van der Waals surface area (Å²) < 4.78 is 38.2. The average Bonchev–Trinajstić information content (AvgIpc) is 2.95. The number of benzene rings is 2. The van der Waals surface area contributed by atoms with Crippen LogP contribution in [-0.4, -0.2) is 47.2 Å². The number of carbonyl (C=O) groups is 2. The van der Waals surface area contributed by atoms with Crippen LogP contribution in [0.25, 0.3) is 0 Å². The Bertz CT molecular complexity index is 1630. The van der Waals surface area contributed by atoms with Crippen molar-refractivity contribution in [3.8, 4) is 0 Å². The number of nitrogen functional groups attached to an aromatic ring is 2. The summed E-state index contributed by atoms with van der Waals surface area (Å²) >= 11 is 1.44. The van der Waals surface area contributed by atoms with Crippen molar-refractivity contribution < 1.29 is 22.6 Å². The molecule has 214 valence electrons. The zero-order valence-corrected chi connectivity index (χ0v) is 24.4. The average molecular weight is 599 g/mol. The van der Waals surface area contributed by atoms with Crippen LogP contribution in [0.3, 0.4) is 0 Å². The molecule has 0 aliphatic heterocycles. The molecule has 0 aliphatic rings. The van der Waals surface area contributed by atoms with Crippen LogP contribution in [0.5, 0.6) is 0 Å². The summed E-state index contributed by atoms with van der Waals surface area (Å²) in [7, 11) is -1.35. The summed E-state index contributed by atoms with van der Waals surface area (Å²) in [6, 6.07) is 8.01. The highest BCUT2D eigenvalue weighted by atomic mass is 32.2. The molecular weight excluding hydrogens is 570 g/mol. The van der Waals surface area contributed by atoms with Crippen molar-refractivity contribution in [1.29, 1.82) is 0 Å². The summed E-state index contributed by atoms with van der Waals surface area (Å²) in [6.45, 7) is 7.14.